The zero-order valence-electron chi connectivity index (χ0n) is 11.4. The molecule has 0 fully saturated rings. The van der Waals surface area contributed by atoms with Crippen LogP contribution in [0.15, 0.2) is 30.6 Å². The lowest BCUT2D eigenvalue weighted by Crippen LogP contribution is -2.19. The summed E-state index contributed by atoms with van der Waals surface area (Å²) in [7, 11) is 0. The van der Waals surface area contributed by atoms with E-state index in [1.165, 1.54) is 0 Å². The molecule has 0 aliphatic rings. The van der Waals surface area contributed by atoms with Crippen LogP contribution in [0.25, 0.3) is 0 Å². The molecule has 0 radical (unpaired) electrons. The van der Waals surface area contributed by atoms with Gasteiger partial charge >= 0.3 is 0 Å². The van der Waals surface area contributed by atoms with E-state index >= 15 is 0 Å². The Balaban J connectivity index is 1.97. The average Bonchev–Trinajstić information content (AvgIpc) is 2.69. The SMILES string of the molecule is Cc1cc(C)n(C(C)CC(=O)Nc2cccnc2)n1. The minimum absolute atomic E-state index is 0.0328. The Morgan fingerprint density at radius 1 is 1.47 bits per heavy atom. The van der Waals surface area contributed by atoms with Crippen LogP contribution in [0.1, 0.15) is 30.8 Å². The van der Waals surface area contributed by atoms with Crippen molar-refractivity contribution in [1.29, 1.82) is 0 Å². The molecule has 2 aromatic heterocycles. The molecule has 2 aromatic rings. The number of aromatic nitrogens is 3. The lowest BCUT2D eigenvalue weighted by Gasteiger charge is -2.14. The molecule has 0 spiro atoms. The average molecular weight is 258 g/mol. The van der Waals surface area contributed by atoms with Crippen molar-refractivity contribution in [2.24, 2.45) is 0 Å². The van der Waals surface area contributed by atoms with Gasteiger partial charge in [0.05, 0.1) is 23.6 Å². The van der Waals surface area contributed by atoms with Crippen LogP contribution >= 0.6 is 0 Å². The van der Waals surface area contributed by atoms with E-state index in [-0.39, 0.29) is 11.9 Å². The maximum Gasteiger partial charge on any atom is 0.226 e. The Morgan fingerprint density at radius 2 is 2.26 bits per heavy atom. The monoisotopic (exact) mass is 258 g/mol. The van der Waals surface area contributed by atoms with Gasteiger partial charge in [-0.3, -0.25) is 14.5 Å². The molecule has 2 heterocycles. The molecule has 2 rings (SSSR count). The first-order chi connectivity index (χ1) is 9.06. The molecular weight excluding hydrogens is 240 g/mol. The molecule has 5 nitrogen and oxygen atoms in total. The summed E-state index contributed by atoms with van der Waals surface area (Å²) < 4.78 is 1.89. The molecule has 1 unspecified atom stereocenters. The number of rotatable bonds is 4. The van der Waals surface area contributed by atoms with E-state index in [9.17, 15) is 4.79 Å². The lowest BCUT2D eigenvalue weighted by atomic mass is 10.2. The second kappa shape index (κ2) is 5.65. The molecule has 100 valence electrons. The van der Waals surface area contributed by atoms with Gasteiger partial charge in [0.1, 0.15) is 0 Å². The van der Waals surface area contributed by atoms with E-state index in [1.54, 1.807) is 18.5 Å². The molecule has 0 aliphatic carbocycles. The van der Waals surface area contributed by atoms with Gasteiger partial charge in [0.2, 0.25) is 5.91 Å². The molecule has 0 aliphatic heterocycles. The first-order valence-electron chi connectivity index (χ1n) is 6.29. The number of hydrogen-bond donors (Lipinski definition) is 1. The molecule has 0 saturated carbocycles. The van der Waals surface area contributed by atoms with Crippen LogP contribution in [0.5, 0.6) is 0 Å². The number of pyridine rings is 1. The van der Waals surface area contributed by atoms with Gasteiger partial charge in [0.15, 0.2) is 0 Å². The lowest BCUT2D eigenvalue weighted by molar-refractivity contribution is -0.116. The summed E-state index contributed by atoms with van der Waals surface area (Å²) in [6.45, 7) is 5.93. The van der Waals surface area contributed by atoms with Crippen LogP contribution in [-0.4, -0.2) is 20.7 Å². The fourth-order valence-corrected chi connectivity index (χ4v) is 2.10. The zero-order valence-corrected chi connectivity index (χ0v) is 11.4. The van der Waals surface area contributed by atoms with Gasteiger partial charge in [-0.25, -0.2) is 0 Å². The Labute approximate surface area is 112 Å². The van der Waals surface area contributed by atoms with E-state index in [1.807, 2.05) is 37.6 Å². The van der Waals surface area contributed by atoms with Crippen LogP contribution in [0.4, 0.5) is 5.69 Å². The minimum atomic E-state index is -0.0342. The van der Waals surface area contributed by atoms with Crippen LogP contribution in [0, 0.1) is 13.8 Å². The second-order valence-corrected chi connectivity index (χ2v) is 4.71. The van der Waals surface area contributed by atoms with Crippen LogP contribution in [0.2, 0.25) is 0 Å². The van der Waals surface area contributed by atoms with E-state index in [4.69, 9.17) is 0 Å². The van der Waals surface area contributed by atoms with Crippen molar-refractivity contribution in [3.05, 3.63) is 42.0 Å². The maximum absolute atomic E-state index is 11.9. The molecule has 1 atom stereocenters. The Bertz CT molecular complexity index is 562. The number of carbonyl (C=O) groups is 1. The Hall–Kier alpha value is -2.17. The van der Waals surface area contributed by atoms with Crippen molar-refractivity contribution in [1.82, 2.24) is 14.8 Å². The smallest absolute Gasteiger partial charge is 0.226 e. The summed E-state index contributed by atoms with van der Waals surface area (Å²) in [4.78, 5) is 15.9. The quantitative estimate of drug-likeness (QED) is 0.916. The van der Waals surface area contributed by atoms with Crippen molar-refractivity contribution in [2.75, 3.05) is 5.32 Å². The van der Waals surface area contributed by atoms with Gasteiger partial charge in [-0.2, -0.15) is 5.10 Å². The highest BCUT2D eigenvalue weighted by Crippen LogP contribution is 2.15. The maximum atomic E-state index is 11.9. The fourth-order valence-electron chi connectivity index (χ4n) is 2.10. The summed E-state index contributed by atoms with van der Waals surface area (Å²) in [6, 6.07) is 5.65. The van der Waals surface area contributed by atoms with Gasteiger partial charge < -0.3 is 5.32 Å². The first kappa shape index (κ1) is 13.3. The molecule has 1 N–H and O–H groups in total. The molecule has 0 bridgehead atoms. The number of carbonyl (C=O) groups excluding carboxylic acids is 1. The first-order valence-corrected chi connectivity index (χ1v) is 6.29. The second-order valence-electron chi connectivity index (χ2n) is 4.71. The van der Waals surface area contributed by atoms with Gasteiger partial charge in [0.25, 0.3) is 0 Å². The molecule has 0 aromatic carbocycles. The predicted octanol–water partition coefficient (Wildman–Crippen LogP) is 2.48. The highest BCUT2D eigenvalue weighted by Gasteiger charge is 2.14. The predicted molar refractivity (Wildman–Crippen MR) is 73.9 cm³/mol. The zero-order chi connectivity index (χ0) is 13.8. The van der Waals surface area contributed by atoms with Gasteiger partial charge in [-0.1, -0.05) is 0 Å². The highest BCUT2D eigenvalue weighted by molar-refractivity contribution is 5.90. The number of aryl methyl sites for hydroxylation is 2. The number of nitrogens with zero attached hydrogens (tertiary/aromatic N) is 3. The molecule has 19 heavy (non-hydrogen) atoms. The van der Waals surface area contributed by atoms with Gasteiger partial charge in [0, 0.05) is 18.3 Å². The number of hydrogen-bond acceptors (Lipinski definition) is 3. The van der Waals surface area contributed by atoms with Gasteiger partial charge in [-0.05, 0) is 39.0 Å². The minimum Gasteiger partial charge on any atom is -0.325 e. The normalized spacial score (nSPS) is 12.2. The van der Waals surface area contributed by atoms with E-state index in [0.29, 0.717) is 12.1 Å². The number of amides is 1. The van der Waals surface area contributed by atoms with Crippen molar-refractivity contribution >= 4 is 11.6 Å². The fraction of sp³-hybridized carbons (Fsp3) is 0.357. The largest absolute Gasteiger partial charge is 0.325 e. The number of anilines is 1. The van der Waals surface area contributed by atoms with Crippen LogP contribution in [-0.2, 0) is 4.79 Å². The summed E-state index contributed by atoms with van der Waals surface area (Å²) in [5, 5.41) is 7.22. The Kier molecular flexibility index (Phi) is 3.94. The molecule has 5 heteroatoms. The topological polar surface area (TPSA) is 59.8 Å². The van der Waals surface area contributed by atoms with Crippen molar-refractivity contribution in [3.63, 3.8) is 0 Å². The van der Waals surface area contributed by atoms with Crippen molar-refractivity contribution in [2.45, 2.75) is 33.2 Å². The van der Waals surface area contributed by atoms with Crippen LogP contribution in [0.3, 0.4) is 0 Å². The van der Waals surface area contributed by atoms with E-state index in [0.717, 1.165) is 11.4 Å². The van der Waals surface area contributed by atoms with Gasteiger partial charge in [-0.15, -0.1) is 0 Å². The Morgan fingerprint density at radius 3 is 2.84 bits per heavy atom. The van der Waals surface area contributed by atoms with E-state index in [2.05, 4.69) is 15.4 Å². The third-order valence-corrected chi connectivity index (χ3v) is 2.89. The molecule has 1 amide bonds. The number of nitrogens with one attached hydrogen (secondary N) is 1. The van der Waals surface area contributed by atoms with Crippen molar-refractivity contribution < 1.29 is 4.79 Å². The molecular formula is C14H18N4O. The highest BCUT2D eigenvalue weighted by atomic mass is 16.1. The summed E-state index contributed by atoms with van der Waals surface area (Å²) in [5.41, 5.74) is 2.75. The van der Waals surface area contributed by atoms with Crippen LogP contribution < -0.4 is 5.32 Å². The molecule has 0 saturated heterocycles. The van der Waals surface area contributed by atoms with E-state index < -0.39 is 0 Å². The standard InChI is InChI=1S/C14H18N4O/c1-10-7-11(2)18(17-10)12(3)8-14(19)16-13-5-4-6-15-9-13/h4-7,9,12H,8H2,1-3H3,(H,16,19). The summed E-state index contributed by atoms with van der Waals surface area (Å²) in [5.74, 6) is -0.0342. The van der Waals surface area contributed by atoms with Crippen molar-refractivity contribution in [3.8, 4) is 0 Å². The summed E-state index contributed by atoms with van der Waals surface area (Å²) in [6.07, 6.45) is 3.69. The third kappa shape index (κ3) is 3.40. The summed E-state index contributed by atoms with van der Waals surface area (Å²) >= 11 is 0. The third-order valence-electron chi connectivity index (χ3n) is 2.89.